The molecule has 2 aromatic rings. The molecule has 0 radical (unpaired) electrons. The summed E-state index contributed by atoms with van der Waals surface area (Å²) in [5, 5.41) is 8.89. The number of epoxide rings is 2. The fourth-order valence-corrected chi connectivity index (χ4v) is 7.99. The first-order chi connectivity index (χ1) is 24.6. The summed E-state index contributed by atoms with van der Waals surface area (Å²) in [6.07, 6.45) is 11.4. The van der Waals surface area contributed by atoms with Gasteiger partial charge >= 0.3 is 0 Å². The van der Waals surface area contributed by atoms with Crippen LogP contribution in [-0.4, -0.2) is 71.4 Å². The highest BCUT2D eigenvalue weighted by molar-refractivity contribution is 5.32. The van der Waals surface area contributed by atoms with Gasteiger partial charge in [-0.1, -0.05) is 37.1 Å². The molecule has 0 amide bonds. The SMILES string of the molecule is Fc1ccc(C2OCC(C3CCC(CC4CO4)CC3)CO2)cc1.N#Cc1ccc(C2OCC(C3CCC(OCOCC4CO4)CC3)CO2)cc1. The largest absolute Gasteiger partial charge is 0.373 e. The Hall–Kier alpha value is -2.46. The van der Waals surface area contributed by atoms with E-state index in [1.54, 1.807) is 24.3 Å². The number of nitrogens with zero attached hydrogens (tertiary/aromatic N) is 1. The zero-order valence-electron chi connectivity index (χ0n) is 29.0. The molecular weight excluding hydrogens is 641 g/mol. The average Bonchev–Trinajstić information content (AvgIpc) is 4.13. The number of nitriles is 1. The lowest BCUT2D eigenvalue weighted by atomic mass is 9.75. The van der Waals surface area contributed by atoms with Gasteiger partial charge in [0.05, 0.1) is 70.1 Å². The topological polar surface area (TPSA) is 104 Å². The second kappa shape index (κ2) is 17.8. The Kier molecular flexibility index (Phi) is 12.8. The fourth-order valence-electron chi connectivity index (χ4n) is 7.99. The molecule has 4 heterocycles. The molecule has 9 nitrogen and oxygen atoms in total. The van der Waals surface area contributed by atoms with E-state index in [0.717, 1.165) is 88.3 Å². The Morgan fingerprint density at radius 3 is 1.60 bits per heavy atom. The van der Waals surface area contributed by atoms with Crippen LogP contribution in [0.2, 0.25) is 0 Å². The Morgan fingerprint density at radius 1 is 0.600 bits per heavy atom. The minimum Gasteiger partial charge on any atom is -0.373 e. The lowest BCUT2D eigenvalue weighted by Crippen LogP contribution is -2.35. The van der Waals surface area contributed by atoms with Crippen LogP contribution >= 0.6 is 0 Å². The van der Waals surface area contributed by atoms with Gasteiger partial charge in [0.25, 0.3) is 0 Å². The number of hydrogen-bond donors (Lipinski definition) is 0. The predicted octanol–water partition coefficient (Wildman–Crippen LogP) is 7.25. The van der Waals surface area contributed by atoms with Gasteiger partial charge in [0.15, 0.2) is 12.6 Å². The summed E-state index contributed by atoms with van der Waals surface area (Å²) in [7, 11) is 0. The van der Waals surface area contributed by atoms with Gasteiger partial charge in [-0.15, -0.1) is 0 Å². The summed E-state index contributed by atoms with van der Waals surface area (Å²) >= 11 is 0. The Morgan fingerprint density at radius 2 is 1.10 bits per heavy atom. The lowest BCUT2D eigenvalue weighted by molar-refractivity contribution is -0.216. The van der Waals surface area contributed by atoms with Crippen LogP contribution in [0.15, 0.2) is 48.5 Å². The van der Waals surface area contributed by atoms with Gasteiger partial charge in [-0.25, -0.2) is 4.39 Å². The van der Waals surface area contributed by atoms with E-state index >= 15 is 0 Å². The molecule has 2 aliphatic carbocycles. The molecule has 4 saturated heterocycles. The lowest BCUT2D eigenvalue weighted by Gasteiger charge is -2.37. The molecule has 6 aliphatic rings. The average molecular weight is 694 g/mol. The van der Waals surface area contributed by atoms with Gasteiger partial charge in [0.1, 0.15) is 18.7 Å². The van der Waals surface area contributed by atoms with Crippen LogP contribution in [0.4, 0.5) is 4.39 Å². The Bertz CT molecular complexity index is 1330. The Labute approximate surface area is 295 Å². The zero-order chi connectivity index (χ0) is 34.1. The van der Waals surface area contributed by atoms with E-state index < -0.39 is 0 Å². The van der Waals surface area contributed by atoms with Crippen LogP contribution in [-0.2, 0) is 37.9 Å². The number of ether oxygens (including phenoxy) is 8. The molecule has 50 heavy (non-hydrogen) atoms. The van der Waals surface area contributed by atoms with Crippen molar-refractivity contribution in [3.63, 3.8) is 0 Å². The minimum atomic E-state index is -0.338. The van der Waals surface area contributed by atoms with Gasteiger partial charge in [0.2, 0.25) is 0 Å². The predicted molar refractivity (Wildman–Crippen MR) is 181 cm³/mol. The summed E-state index contributed by atoms with van der Waals surface area (Å²) in [6, 6.07) is 15.9. The van der Waals surface area contributed by atoms with Crippen molar-refractivity contribution in [2.45, 2.75) is 88.7 Å². The minimum absolute atomic E-state index is 0.226. The second-order valence-electron chi connectivity index (χ2n) is 14.9. The van der Waals surface area contributed by atoms with Crippen LogP contribution in [0, 0.1) is 46.7 Å². The van der Waals surface area contributed by atoms with Crippen molar-refractivity contribution in [2.24, 2.45) is 29.6 Å². The number of benzene rings is 2. The Balaban J connectivity index is 0.000000159. The van der Waals surface area contributed by atoms with Crippen LogP contribution in [0.5, 0.6) is 0 Å². The highest BCUT2D eigenvalue weighted by Gasteiger charge is 2.35. The van der Waals surface area contributed by atoms with Crippen LogP contribution < -0.4 is 0 Å². The molecule has 2 atom stereocenters. The van der Waals surface area contributed by atoms with Crippen molar-refractivity contribution in [2.75, 3.05) is 53.0 Å². The third-order valence-electron chi connectivity index (χ3n) is 11.3. The molecular formula is C40H52FNO8. The molecule has 10 heteroatoms. The van der Waals surface area contributed by atoms with E-state index in [1.807, 2.05) is 12.1 Å². The monoisotopic (exact) mass is 693 g/mol. The molecule has 0 aromatic heterocycles. The smallest absolute Gasteiger partial charge is 0.183 e. The standard InChI is InChI=1S/C21H27NO5.C19H25FO3/c22-9-15-1-3-17(4-2-15)21-25-10-18(11-26-21)16-5-7-19(8-6-16)27-14-23-12-20-13-24-20;20-17-7-5-15(6-8-17)19-22-10-16(11-23-19)14-3-1-13(2-4-14)9-18-12-21-18/h1-4,16,18-21H,5-8,10-14H2;5-8,13-14,16,18-19H,1-4,9-12H2. The fraction of sp³-hybridized carbons (Fsp3) is 0.675. The highest BCUT2D eigenvalue weighted by Crippen LogP contribution is 2.40. The normalized spacial score (nSPS) is 35.3. The molecule has 6 fully saturated rings. The summed E-state index contributed by atoms with van der Waals surface area (Å²) in [5.74, 6) is 2.94. The highest BCUT2D eigenvalue weighted by atomic mass is 19.1. The molecule has 2 unspecified atom stereocenters. The maximum Gasteiger partial charge on any atom is 0.183 e. The number of halogens is 1. The first kappa shape index (κ1) is 35.9. The van der Waals surface area contributed by atoms with Crippen molar-refractivity contribution in [1.82, 2.24) is 0 Å². The molecule has 0 spiro atoms. The first-order valence-corrected chi connectivity index (χ1v) is 18.7. The van der Waals surface area contributed by atoms with Crippen molar-refractivity contribution in [1.29, 1.82) is 5.26 Å². The molecule has 4 aliphatic heterocycles. The van der Waals surface area contributed by atoms with Crippen molar-refractivity contribution < 1.29 is 42.3 Å². The van der Waals surface area contributed by atoms with Gasteiger partial charge in [-0.3, -0.25) is 0 Å². The molecule has 0 bridgehead atoms. The third kappa shape index (κ3) is 10.5. The first-order valence-electron chi connectivity index (χ1n) is 18.7. The summed E-state index contributed by atoms with van der Waals surface area (Å²) < 4.78 is 58.5. The van der Waals surface area contributed by atoms with E-state index in [-0.39, 0.29) is 18.4 Å². The van der Waals surface area contributed by atoms with Crippen molar-refractivity contribution in [3.8, 4) is 6.07 Å². The second-order valence-corrected chi connectivity index (χ2v) is 14.9. The van der Waals surface area contributed by atoms with Gasteiger partial charge in [-0.05, 0) is 87.0 Å². The summed E-state index contributed by atoms with van der Waals surface area (Å²) in [4.78, 5) is 0. The van der Waals surface area contributed by atoms with E-state index in [9.17, 15) is 4.39 Å². The van der Waals surface area contributed by atoms with Crippen LogP contribution in [0.25, 0.3) is 0 Å². The van der Waals surface area contributed by atoms with Crippen LogP contribution in [0.3, 0.4) is 0 Å². The summed E-state index contributed by atoms with van der Waals surface area (Å²) in [5.41, 5.74) is 2.52. The van der Waals surface area contributed by atoms with Crippen molar-refractivity contribution >= 4 is 0 Å². The third-order valence-corrected chi connectivity index (χ3v) is 11.3. The van der Waals surface area contributed by atoms with Gasteiger partial charge in [0, 0.05) is 23.0 Å². The molecule has 2 saturated carbocycles. The van der Waals surface area contributed by atoms with Crippen molar-refractivity contribution in [3.05, 3.63) is 71.0 Å². The number of hydrogen-bond acceptors (Lipinski definition) is 9. The number of rotatable bonds is 11. The quantitative estimate of drug-likeness (QED) is 0.137. The van der Waals surface area contributed by atoms with E-state index in [2.05, 4.69) is 6.07 Å². The molecule has 0 N–H and O–H groups in total. The van der Waals surface area contributed by atoms with Crippen LogP contribution in [0.1, 0.15) is 87.1 Å². The zero-order valence-corrected chi connectivity index (χ0v) is 29.0. The van der Waals surface area contributed by atoms with Gasteiger partial charge < -0.3 is 37.9 Å². The molecule has 8 rings (SSSR count). The molecule has 2 aromatic carbocycles. The van der Waals surface area contributed by atoms with E-state index in [0.29, 0.717) is 55.0 Å². The van der Waals surface area contributed by atoms with Gasteiger partial charge in [-0.2, -0.15) is 5.26 Å². The maximum atomic E-state index is 13.0. The van der Waals surface area contributed by atoms with E-state index in [4.69, 9.17) is 43.2 Å². The molecule has 272 valence electrons. The maximum absolute atomic E-state index is 13.0. The summed E-state index contributed by atoms with van der Waals surface area (Å²) in [6.45, 7) is 5.78. The van der Waals surface area contributed by atoms with E-state index in [1.165, 1.54) is 44.2 Å².